The first-order chi connectivity index (χ1) is 21.1. The Morgan fingerprint density at radius 1 is 0.932 bits per heavy atom. The minimum Gasteiger partial charge on any atom is -0.450 e. The van der Waals surface area contributed by atoms with Crippen LogP contribution in [0.25, 0.3) is 0 Å². The minimum atomic E-state index is -3.84. The van der Waals surface area contributed by atoms with Crippen LogP contribution in [0.15, 0.2) is 59.5 Å². The van der Waals surface area contributed by atoms with Crippen LogP contribution in [0.2, 0.25) is 0 Å². The summed E-state index contributed by atoms with van der Waals surface area (Å²) in [6.45, 7) is 6.24. The van der Waals surface area contributed by atoms with Crippen molar-refractivity contribution >= 4 is 50.4 Å². The maximum atomic E-state index is 13.3. The Labute approximate surface area is 260 Å². The molecule has 0 spiro atoms. The van der Waals surface area contributed by atoms with Gasteiger partial charge in [-0.05, 0) is 55.7 Å². The van der Waals surface area contributed by atoms with Crippen LogP contribution in [0.4, 0.5) is 14.6 Å². The van der Waals surface area contributed by atoms with Crippen molar-refractivity contribution in [3.63, 3.8) is 0 Å². The first-order valence-corrected chi connectivity index (χ1v) is 16.3. The van der Waals surface area contributed by atoms with E-state index in [2.05, 4.69) is 10.6 Å². The topological polar surface area (TPSA) is 151 Å². The van der Waals surface area contributed by atoms with Gasteiger partial charge in [0.1, 0.15) is 5.00 Å². The van der Waals surface area contributed by atoms with Gasteiger partial charge in [-0.15, -0.1) is 11.3 Å². The zero-order valence-electron chi connectivity index (χ0n) is 24.6. The number of benzene rings is 2. The molecule has 0 aliphatic carbocycles. The molecule has 0 saturated carbocycles. The molecule has 0 saturated heterocycles. The van der Waals surface area contributed by atoms with Crippen LogP contribution in [0.3, 0.4) is 0 Å². The predicted octanol–water partition coefficient (Wildman–Crippen LogP) is 4.61. The highest BCUT2D eigenvalue weighted by Crippen LogP contribution is 2.37. The number of rotatable bonds is 10. The fraction of sp³-hybridized carbons (Fsp3) is 0.333. The standard InChI is InChI=1S/C30H34N4O8S2/c1-4-34(18-20-10-8-7-9-11-20)44(39,40)22-14-12-21(13-15-22)26(35)31-28-25(27(36)32-29(37)41-5-2)23-16-17-33(19-24(23)43-28)30(38)42-6-3/h7-15H,4-6,16-19H2,1-3H3,(H,31,35)(H,32,36,37). The van der Waals surface area contributed by atoms with Crippen LogP contribution in [0.5, 0.6) is 0 Å². The number of alkyl carbamates (subject to hydrolysis) is 1. The molecule has 3 aromatic rings. The van der Waals surface area contributed by atoms with Crippen LogP contribution in [-0.4, -0.2) is 67.9 Å². The van der Waals surface area contributed by atoms with Crippen molar-refractivity contribution in [3.8, 4) is 0 Å². The van der Waals surface area contributed by atoms with Crippen molar-refractivity contribution in [2.24, 2.45) is 0 Å². The second-order valence-electron chi connectivity index (χ2n) is 9.65. The maximum Gasteiger partial charge on any atom is 0.414 e. The Morgan fingerprint density at radius 2 is 1.61 bits per heavy atom. The fourth-order valence-corrected chi connectivity index (χ4v) is 7.37. The third-order valence-electron chi connectivity index (χ3n) is 6.84. The molecule has 12 nitrogen and oxygen atoms in total. The predicted molar refractivity (Wildman–Crippen MR) is 164 cm³/mol. The van der Waals surface area contributed by atoms with Gasteiger partial charge in [0, 0.05) is 30.1 Å². The molecule has 0 radical (unpaired) electrons. The Hall–Kier alpha value is -4.27. The van der Waals surface area contributed by atoms with E-state index < -0.39 is 34.0 Å². The number of hydrogen-bond acceptors (Lipinski definition) is 9. The molecule has 14 heteroatoms. The monoisotopic (exact) mass is 642 g/mol. The number of imide groups is 1. The largest absolute Gasteiger partial charge is 0.450 e. The van der Waals surface area contributed by atoms with Crippen molar-refractivity contribution in [3.05, 3.63) is 81.7 Å². The number of nitrogens with zero attached hydrogens (tertiary/aromatic N) is 2. The SMILES string of the molecule is CCOC(=O)NC(=O)c1c(NC(=O)c2ccc(S(=O)(=O)N(CC)Cc3ccccc3)cc2)sc2c1CCN(C(=O)OCC)C2. The number of carbonyl (C=O) groups excluding carboxylic acids is 4. The van der Waals surface area contributed by atoms with Crippen molar-refractivity contribution in [1.82, 2.24) is 14.5 Å². The molecule has 44 heavy (non-hydrogen) atoms. The summed E-state index contributed by atoms with van der Waals surface area (Å²) in [5, 5.41) is 5.10. The van der Waals surface area contributed by atoms with E-state index in [0.717, 1.165) is 16.9 Å². The Balaban J connectivity index is 1.57. The number of fused-ring (bicyclic) bond motifs is 1. The summed E-state index contributed by atoms with van der Waals surface area (Å²) in [5.41, 5.74) is 1.72. The van der Waals surface area contributed by atoms with Crippen molar-refractivity contribution in [2.75, 3.05) is 31.6 Å². The quantitative estimate of drug-likeness (QED) is 0.325. The lowest BCUT2D eigenvalue weighted by Crippen LogP contribution is -2.37. The van der Waals surface area contributed by atoms with Crippen LogP contribution in [0.1, 0.15) is 57.5 Å². The van der Waals surface area contributed by atoms with Gasteiger partial charge in [0.15, 0.2) is 0 Å². The summed E-state index contributed by atoms with van der Waals surface area (Å²) in [6, 6.07) is 14.8. The molecular weight excluding hydrogens is 608 g/mol. The van der Waals surface area contributed by atoms with Gasteiger partial charge < -0.3 is 19.7 Å². The first-order valence-electron chi connectivity index (χ1n) is 14.1. The molecule has 1 aliphatic rings. The maximum absolute atomic E-state index is 13.3. The summed E-state index contributed by atoms with van der Waals surface area (Å²) in [5.74, 6) is -1.34. The molecule has 2 aromatic carbocycles. The third kappa shape index (κ3) is 7.44. The lowest BCUT2D eigenvalue weighted by Gasteiger charge is -2.26. The molecule has 2 heterocycles. The summed E-state index contributed by atoms with van der Waals surface area (Å²) in [7, 11) is -3.84. The number of carbonyl (C=O) groups is 4. The molecule has 234 valence electrons. The van der Waals surface area contributed by atoms with Crippen molar-refractivity contribution in [2.45, 2.75) is 45.2 Å². The van der Waals surface area contributed by atoms with Crippen molar-refractivity contribution < 1.29 is 37.1 Å². The Bertz CT molecular complexity index is 1620. The molecule has 1 aromatic heterocycles. The first kappa shape index (κ1) is 32.6. The summed E-state index contributed by atoms with van der Waals surface area (Å²) >= 11 is 1.11. The molecule has 2 N–H and O–H groups in total. The molecule has 4 amide bonds. The molecule has 1 aliphatic heterocycles. The van der Waals surface area contributed by atoms with E-state index in [-0.39, 0.29) is 60.4 Å². The highest BCUT2D eigenvalue weighted by molar-refractivity contribution is 7.89. The Morgan fingerprint density at radius 3 is 2.25 bits per heavy atom. The summed E-state index contributed by atoms with van der Waals surface area (Å²) < 4.78 is 38.0. The molecule has 0 fully saturated rings. The number of ether oxygens (including phenoxy) is 2. The molecule has 4 rings (SSSR count). The molecule has 0 atom stereocenters. The Kier molecular flexibility index (Phi) is 10.7. The second kappa shape index (κ2) is 14.5. The lowest BCUT2D eigenvalue weighted by atomic mass is 10.0. The zero-order valence-corrected chi connectivity index (χ0v) is 26.3. The number of anilines is 1. The van der Waals surface area contributed by atoms with E-state index in [4.69, 9.17) is 9.47 Å². The second-order valence-corrected chi connectivity index (χ2v) is 12.7. The number of amides is 4. The smallest absolute Gasteiger partial charge is 0.414 e. The van der Waals surface area contributed by atoms with Gasteiger partial charge in [0.25, 0.3) is 11.8 Å². The number of sulfonamides is 1. The van der Waals surface area contributed by atoms with Crippen LogP contribution >= 0.6 is 11.3 Å². The summed E-state index contributed by atoms with van der Waals surface area (Å²) in [4.78, 5) is 53.0. The highest BCUT2D eigenvalue weighted by atomic mass is 32.2. The van der Waals surface area contributed by atoms with Gasteiger partial charge in [-0.1, -0.05) is 37.3 Å². The van der Waals surface area contributed by atoms with Crippen LogP contribution < -0.4 is 10.6 Å². The third-order valence-corrected chi connectivity index (χ3v) is 9.90. The lowest BCUT2D eigenvalue weighted by molar-refractivity contribution is 0.0924. The minimum absolute atomic E-state index is 0.0342. The van der Waals surface area contributed by atoms with Gasteiger partial charge in [-0.3, -0.25) is 14.9 Å². The number of hydrogen-bond donors (Lipinski definition) is 2. The average Bonchev–Trinajstić information content (AvgIpc) is 3.37. The summed E-state index contributed by atoms with van der Waals surface area (Å²) in [6.07, 6.45) is -1.12. The number of nitrogens with one attached hydrogen (secondary N) is 2. The van der Waals surface area contributed by atoms with E-state index in [1.54, 1.807) is 20.8 Å². The van der Waals surface area contributed by atoms with Gasteiger partial charge in [-0.2, -0.15) is 4.31 Å². The van der Waals surface area contributed by atoms with Gasteiger partial charge >= 0.3 is 12.2 Å². The molecular formula is C30H34N4O8S2. The van der Waals surface area contributed by atoms with Crippen LogP contribution in [-0.2, 0) is 39.0 Å². The fourth-order valence-electron chi connectivity index (χ4n) is 4.68. The van der Waals surface area contributed by atoms with Gasteiger partial charge in [-0.25, -0.2) is 18.0 Å². The normalized spacial score (nSPS) is 12.8. The van der Waals surface area contributed by atoms with E-state index >= 15 is 0 Å². The number of thiophene rings is 1. The van der Waals surface area contributed by atoms with E-state index in [1.807, 2.05) is 30.3 Å². The molecule has 0 unspecified atom stereocenters. The van der Waals surface area contributed by atoms with E-state index in [1.165, 1.54) is 33.5 Å². The zero-order chi connectivity index (χ0) is 31.9. The molecule has 0 bridgehead atoms. The van der Waals surface area contributed by atoms with Gasteiger partial charge in [0.05, 0.1) is 30.2 Å². The van der Waals surface area contributed by atoms with Crippen molar-refractivity contribution in [1.29, 1.82) is 0 Å². The van der Waals surface area contributed by atoms with E-state index in [0.29, 0.717) is 16.9 Å². The van der Waals surface area contributed by atoms with Crippen LogP contribution in [0, 0.1) is 0 Å². The van der Waals surface area contributed by atoms with E-state index in [9.17, 15) is 27.6 Å². The highest BCUT2D eigenvalue weighted by Gasteiger charge is 2.32. The average molecular weight is 643 g/mol. The van der Waals surface area contributed by atoms with Gasteiger partial charge in [0.2, 0.25) is 10.0 Å².